The molecule has 1 aromatic carbocycles. The molecule has 2 rings (SSSR count). The van der Waals surface area contributed by atoms with E-state index in [0.29, 0.717) is 11.3 Å². The minimum atomic E-state index is -0.146. The molecule has 0 aliphatic heterocycles. The molecule has 1 aromatic heterocycles. The first-order chi connectivity index (χ1) is 8.56. The summed E-state index contributed by atoms with van der Waals surface area (Å²) in [5, 5.41) is 2.81. The number of halogens is 1. The predicted molar refractivity (Wildman–Crippen MR) is 75.8 cm³/mol. The maximum atomic E-state index is 12.1. The van der Waals surface area contributed by atoms with Crippen LogP contribution in [0.3, 0.4) is 0 Å². The Balaban J connectivity index is 2.19. The Morgan fingerprint density at radius 2 is 2.00 bits per heavy atom. The fourth-order valence-corrected chi connectivity index (χ4v) is 2.22. The molecular weight excluding hydrogens is 292 g/mol. The molecule has 0 spiro atoms. The van der Waals surface area contributed by atoms with Gasteiger partial charge in [0.2, 0.25) is 0 Å². The standard InChI is InChI=1S/C14H13BrN2O/c1-9-3-6-12(13(15)7-9)14(18)17-11-5-4-10(2)16-8-11/h3-8H,1-2H3,(H,17,18). The number of carbonyl (C=O) groups is 1. The van der Waals surface area contributed by atoms with Gasteiger partial charge in [-0.15, -0.1) is 0 Å². The van der Waals surface area contributed by atoms with Crippen LogP contribution in [0.5, 0.6) is 0 Å². The second kappa shape index (κ2) is 5.31. The van der Waals surface area contributed by atoms with Gasteiger partial charge in [-0.05, 0) is 59.6 Å². The van der Waals surface area contributed by atoms with Crippen LogP contribution in [0.4, 0.5) is 5.69 Å². The second-order valence-corrected chi connectivity index (χ2v) is 4.98. The zero-order chi connectivity index (χ0) is 13.1. The first-order valence-electron chi connectivity index (χ1n) is 5.56. The average Bonchev–Trinajstić information content (AvgIpc) is 2.32. The Bertz CT molecular complexity index is 579. The summed E-state index contributed by atoms with van der Waals surface area (Å²) in [6, 6.07) is 9.33. The Morgan fingerprint density at radius 1 is 1.22 bits per heavy atom. The zero-order valence-electron chi connectivity index (χ0n) is 10.2. The molecule has 0 aliphatic carbocycles. The monoisotopic (exact) mass is 304 g/mol. The number of nitrogens with zero attached hydrogens (tertiary/aromatic N) is 1. The van der Waals surface area contributed by atoms with E-state index in [1.54, 1.807) is 12.3 Å². The summed E-state index contributed by atoms with van der Waals surface area (Å²) in [6.07, 6.45) is 1.65. The molecule has 1 amide bonds. The van der Waals surface area contributed by atoms with Crippen LogP contribution in [-0.2, 0) is 0 Å². The SMILES string of the molecule is Cc1ccc(C(=O)Nc2ccc(C)nc2)c(Br)c1. The number of benzene rings is 1. The van der Waals surface area contributed by atoms with Crippen LogP contribution < -0.4 is 5.32 Å². The van der Waals surface area contributed by atoms with E-state index in [9.17, 15) is 4.79 Å². The maximum Gasteiger partial charge on any atom is 0.256 e. The van der Waals surface area contributed by atoms with E-state index in [-0.39, 0.29) is 5.91 Å². The van der Waals surface area contributed by atoms with Crippen LogP contribution in [-0.4, -0.2) is 10.9 Å². The highest BCUT2D eigenvalue weighted by Gasteiger charge is 2.10. The molecule has 4 heteroatoms. The maximum absolute atomic E-state index is 12.1. The van der Waals surface area contributed by atoms with Gasteiger partial charge in [0.1, 0.15) is 0 Å². The average molecular weight is 305 g/mol. The van der Waals surface area contributed by atoms with E-state index >= 15 is 0 Å². The Kier molecular flexibility index (Phi) is 3.77. The van der Waals surface area contributed by atoms with E-state index in [1.165, 1.54) is 0 Å². The highest BCUT2D eigenvalue weighted by atomic mass is 79.9. The van der Waals surface area contributed by atoms with Crippen molar-refractivity contribution in [1.29, 1.82) is 0 Å². The number of aryl methyl sites for hydroxylation is 2. The van der Waals surface area contributed by atoms with E-state index in [4.69, 9.17) is 0 Å². The number of nitrogens with one attached hydrogen (secondary N) is 1. The molecule has 0 fully saturated rings. The number of rotatable bonds is 2. The molecule has 3 nitrogen and oxygen atoms in total. The summed E-state index contributed by atoms with van der Waals surface area (Å²) < 4.78 is 0.792. The number of aromatic nitrogens is 1. The fraction of sp³-hybridized carbons (Fsp3) is 0.143. The number of hydrogen-bond acceptors (Lipinski definition) is 2. The van der Waals surface area contributed by atoms with Gasteiger partial charge in [-0.3, -0.25) is 9.78 Å². The molecule has 0 bridgehead atoms. The third-order valence-corrected chi connectivity index (χ3v) is 3.19. The van der Waals surface area contributed by atoms with Gasteiger partial charge in [-0.1, -0.05) is 6.07 Å². The molecule has 0 unspecified atom stereocenters. The van der Waals surface area contributed by atoms with Crippen molar-refractivity contribution in [1.82, 2.24) is 4.98 Å². The van der Waals surface area contributed by atoms with Gasteiger partial charge in [0.05, 0.1) is 17.4 Å². The molecule has 0 saturated heterocycles. The van der Waals surface area contributed by atoms with Crippen LogP contribution >= 0.6 is 15.9 Å². The van der Waals surface area contributed by atoms with Gasteiger partial charge < -0.3 is 5.32 Å². The van der Waals surface area contributed by atoms with Crippen LogP contribution in [0.2, 0.25) is 0 Å². The van der Waals surface area contributed by atoms with Gasteiger partial charge in [0.15, 0.2) is 0 Å². The smallest absolute Gasteiger partial charge is 0.256 e. The lowest BCUT2D eigenvalue weighted by Crippen LogP contribution is -2.12. The van der Waals surface area contributed by atoms with Crippen molar-refractivity contribution in [2.45, 2.75) is 13.8 Å². The summed E-state index contributed by atoms with van der Waals surface area (Å²) >= 11 is 3.40. The topological polar surface area (TPSA) is 42.0 Å². The molecule has 0 saturated carbocycles. The number of anilines is 1. The van der Waals surface area contributed by atoms with Gasteiger partial charge in [-0.25, -0.2) is 0 Å². The van der Waals surface area contributed by atoms with Crippen molar-refractivity contribution >= 4 is 27.5 Å². The lowest BCUT2D eigenvalue weighted by atomic mass is 10.1. The molecule has 0 radical (unpaired) electrons. The van der Waals surface area contributed by atoms with E-state index in [2.05, 4.69) is 26.2 Å². The molecule has 18 heavy (non-hydrogen) atoms. The van der Waals surface area contributed by atoms with Crippen molar-refractivity contribution < 1.29 is 4.79 Å². The molecule has 2 aromatic rings. The quantitative estimate of drug-likeness (QED) is 0.919. The molecular formula is C14H13BrN2O. The number of pyridine rings is 1. The second-order valence-electron chi connectivity index (χ2n) is 4.13. The molecule has 0 atom stereocenters. The number of hydrogen-bond donors (Lipinski definition) is 1. The van der Waals surface area contributed by atoms with E-state index in [1.807, 2.05) is 38.1 Å². The molecule has 1 heterocycles. The van der Waals surface area contributed by atoms with Crippen LogP contribution in [0.25, 0.3) is 0 Å². The summed E-state index contributed by atoms with van der Waals surface area (Å²) in [5.41, 5.74) is 3.33. The highest BCUT2D eigenvalue weighted by molar-refractivity contribution is 9.10. The molecule has 1 N–H and O–H groups in total. The fourth-order valence-electron chi connectivity index (χ4n) is 1.54. The summed E-state index contributed by atoms with van der Waals surface area (Å²) in [7, 11) is 0. The van der Waals surface area contributed by atoms with Gasteiger partial charge in [0, 0.05) is 10.2 Å². The van der Waals surface area contributed by atoms with Crippen molar-refractivity contribution in [3.05, 3.63) is 57.8 Å². The zero-order valence-corrected chi connectivity index (χ0v) is 11.8. The Labute approximate surface area is 114 Å². The highest BCUT2D eigenvalue weighted by Crippen LogP contribution is 2.19. The first-order valence-corrected chi connectivity index (χ1v) is 6.36. The van der Waals surface area contributed by atoms with Crippen LogP contribution in [0, 0.1) is 13.8 Å². The summed E-state index contributed by atoms with van der Waals surface area (Å²) in [4.78, 5) is 16.2. The van der Waals surface area contributed by atoms with Gasteiger partial charge >= 0.3 is 0 Å². The number of carbonyl (C=O) groups excluding carboxylic acids is 1. The normalized spacial score (nSPS) is 10.2. The lowest BCUT2D eigenvalue weighted by Gasteiger charge is -2.07. The summed E-state index contributed by atoms with van der Waals surface area (Å²) in [6.45, 7) is 3.89. The van der Waals surface area contributed by atoms with E-state index in [0.717, 1.165) is 15.7 Å². The summed E-state index contributed by atoms with van der Waals surface area (Å²) in [5.74, 6) is -0.146. The Morgan fingerprint density at radius 3 is 2.61 bits per heavy atom. The van der Waals surface area contributed by atoms with E-state index < -0.39 is 0 Å². The third-order valence-electron chi connectivity index (χ3n) is 2.54. The molecule has 0 aliphatic rings. The van der Waals surface area contributed by atoms with Gasteiger partial charge in [0.25, 0.3) is 5.91 Å². The van der Waals surface area contributed by atoms with Crippen LogP contribution in [0.1, 0.15) is 21.6 Å². The predicted octanol–water partition coefficient (Wildman–Crippen LogP) is 3.71. The first kappa shape index (κ1) is 12.8. The van der Waals surface area contributed by atoms with Crippen LogP contribution in [0.15, 0.2) is 41.0 Å². The van der Waals surface area contributed by atoms with Crippen molar-refractivity contribution in [3.63, 3.8) is 0 Å². The largest absolute Gasteiger partial charge is 0.321 e. The molecule has 92 valence electrons. The van der Waals surface area contributed by atoms with Gasteiger partial charge in [-0.2, -0.15) is 0 Å². The minimum absolute atomic E-state index is 0.146. The minimum Gasteiger partial charge on any atom is -0.321 e. The van der Waals surface area contributed by atoms with Crippen molar-refractivity contribution in [2.24, 2.45) is 0 Å². The Hall–Kier alpha value is -1.68. The third kappa shape index (κ3) is 2.96. The van der Waals surface area contributed by atoms with Crippen molar-refractivity contribution in [2.75, 3.05) is 5.32 Å². The lowest BCUT2D eigenvalue weighted by molar-refractivity contribution is 0.102. The number of amides is 1. The van der Waals surface area contributed by atoms with Crippen molar-refractivity contribution in [3.8, 4) is 0 Å².